The minimum Gasteiger partial charge on any atom is -0.310 e. The number of rotatable bonds is 4. The van der Waals surface area contributed by atoms with Crippen LogP contribution in [0.2, 0.25) is 0 Å². The summed E-state index contributed by atoms with van der Waals surface area (Å²) in [5.41, 5.74) is 15.5. The first-order chi connectivity index (χ1) is 21.7. The molecule has 1 nitrogen and oxygen atoms in total. The largest absolute Gasteiger partial charge is 0.310 e. The summed E-state index contributed by atoms with van der Waals surface area (Å²) in [6.45, 7) is 11.1. The van der Waals surface area contributed by atoms with E-state index in [1.165, 1.54) is 88.7 Å². The third-order valence-electron chi connectivity index (χ3n) is 9.51. The van der Waals surface area contributed by atoms with Gasteiger partial charge in [-0.25, -0.2) is 0 Å². The SMILES string of the molecule is Cc1ccc(N(c2ccc3cc4c(cc3c2)-c2cc3ccc(-c5ccc(C(C)(C)C)cc5)cc3cc2-4)c2ccccc2C)cc1. The van der Waals surface area contributed by atoms with Gasteiger partial charge in [0.1, 0.15) is 0 Å². The van der Waals surface area contributed by atoms with Gasteiger partial charge in [0.15, 0.2) is 0 Å². The first-order valence-corrected chi connectivity index (χ1v) is 15.9. The van der Waals surface area contributed by atoms with Gasteiger partial charge >= 0.3 is 0 Å². The molecule has 1 aliphatic carbocycles. The minimum atomic E-state index is 0.158. The molecule has 0 heterocycles. The zero-order valence-electron chi connectivity index (χ0n) is 26.6. The molecule has 8 rings (SSSR count). The van der Waals surface area contributed by atoms with Crippen LogP contribution in [-0.4, -0.2) is 0 Å². The summed E-state index contributed by atoms with van der Waals surface area (Å²) in [6, 6.07) is 49.8. The van der Waals surface area contributed by atoms with E-state index in [1.54, 1.807) is 0 Å². The molecule has 0 bridgehead atoms. The van der Waals surface area contributed by atoms with Crippen LogP contribution in [0.15, 0.2) is 133 Å². The number of aryl methyl sites for hydroxylation is 2. The lowest BCUT2D eigenvalue weighted by molar-refractivity contribution is 0.590. The zero-order valence-corrected chi connectivity index (χ0v) is 26.6. The molecule has 0 aliphatic heterocycles. The average molecular weight is 580 g/mol. The lowest BCUT2D eigenvalue weighted by Gasteiger charge is -2.28. The van der Waals surface area contributed by atoms with Gasteiger partial charge in [-0.3, -0.25) is 0 Å². The average Bonchev–Trinajstić information content (AvgIpc) is 3.04. The first-order valence-electron chi connectivity index (χ1n) is 15.9. The number of anilines is 3. The molecule has 7 aromatic carbocycles. The number of para-hydroxylation sites is 1. The van der Waals surface area contributed by atoms with E-state index >= 15 is 0 Å². The maximum Gasteiger partial charge on any atom is 0.0490 e. The Balaban J connectivity index is 1.17. The van der Waals surface area contributed by atoms with Crippen molar-refractivity contribution in [3.05, 3.63) is 150 Å². The normalized spacial score (nSPS) is 12.1. The fraction of sp³-hybridized carbons (Fsp3) is 0.136. The topological polar surface area (TPSA) is 3.24 Å². The van der Waals surface area contributed by atoms with E-state index in [-0.39, 0.29) is 5.41 Å². The van der Waals surface area contributed by atoms with Gasteiger partial charge in [0.2, 0.25) is 0 Å². The third kappa shape index (κ3) is 4.71. The fourth-order valence-electron chi connectivity index (χ4n) is 6.83. The molecule has 0 atom stereocenters. The number of fused-ring (bicyclic) bond motifs is 6. The maximum atomic E-state index is 2.39. The van der Waals surface area contributed by atoms with E-state index in [2.05, 4.69) is 173 Å². The van der Waals surface area contributed by atoms with Crippen molar-refractivity contribution < 1.29 is 0 Å². The summed E-state index contributed by atoms with van der Waals surface area (Å²) in [5, 5.41) is 5.11. The van der Waals surface area contributed by atoms with Crippen molar-refractivity contribution in [2.75, 3.05) is 4.90 Å². The van der Waals surface area contributed by atoms with Crippen LogP contribution in [-0.2, 0) is 5.41 Å². The fourth-order valence-corrected chi connectivity index (χ4v) is 6.83. The first kappa shape index (κ1) is 27.4. The van der Waals surface area contributed by atoms with Crippen LogP contribution in [0.3, 0.4) is 0 Å². The second-order valence-corrected chi connectivity index (χ2v) is 13.7. The van der Waals surface area contributed by atoms with Crippen LogP contribution >= 0.6 is 0 Å². The Kier molecular flexibility index (Phi) is 6.22. The molecule has 218 valence electrons. The van der Waals surface area contributed by atoms with Gasteiger partial charge < -0.3 is 4.90 Å². The molecule has 0 spiro atoms. The van der Waals surface area contributed by atoms with Crippen molar-refractivity contribution in [1.82, 2.24) is 0 Å². The summed E-state index contributed by atoms with van der Waals surface area (Å²) in [4.78, 5) is 2.38. The molecule has 0 saturated carbocycles. The van der Waals surface area contributed by atoms with Crippen molar-refractivity contribution >= 4 is 38.6 Å². The van der Waals surface area contributed by atoms with Crippen molar-refractivity contribution in [2.45, 2.75) is 40.0 Å². The van der Waals surface area contributed by atoms with Crippen molar-refractivity contribution in [3.63, 3.8) is 0 Å². The van der Waals surface area contributed by atoms with E-state index < -0.39 is 0 Å². The molecule has 0 unspecified atom stereocenters. The van der Waals surface area contributed by atoms with E-state index in [4.69, 9.17) is 0 Å². The van der Waals surface area contributed by atoms with Gasteiger partial charge in [0, 0.05) is 17.1 Å². The van der Waals surface area contributed by atoms with Crippen LogP contribution in [0, 0.1) is 13.8 Å². The molecular weight excluding hydrogens is 542 g/mol. The van der Waals surface area contributed by atoms with Gasteiger partial charge in [-0.1, -0.05) is 99.1 Å². The summed E-state index contributed by atoms with van der Waals surface area (Å²) in [6.07, 6.45) is 0. The predicted molar refractivity (Wildman–Crippen MR) is 194 cm³/mol. The van der Waals surface area contributed by atoms with Gasteiger partial charge in [-0.2, -0.15) is 0 Å². The molecule has 1 heteroatoms. The third-order valence-corrected chi connectivity index (χ3v) is 9.51. The Bertz CT molecular complexity index is 2250. The molecular formula is C44H37N. The smallest absolute Gasteiger partial charge is 0.0490 e. The van der Waals surface area contributed by atoms with Gasteiger partial charge in [0.05, 0.1) is 0 Å². The molecule has 1 aliphatic rings. The van der Waals surface area contributed by atoms with E-state index in [0.29, 0.717) is 0 Å². The summed E-state index contributed by atoms with van der Waals surface area (Å²) >= 11 is 0. The Morgan fingerprint density at radius 3 is 1.60 bits per heavy atom. The molecule has 0 radical (unpaired) electrons. The van der Waals surface area contributed by atoms with Crippen LogP contribution in [0.25, 0.3) is 54.9 Å². The van der Waals surface area contributed by atoms with Crippen molar-refractivity contribution in [1.29, 1.82) is 0 Å². The molecule has 45 heavy (non-hydrogen) atoms. The number of hydrogen-bond acceptors (Lipinski definition) is 1. The van der Waals surface area contributed by atoms with Gasteiger partial charge in [-0.15, -0.1) is 0 Å². The lowest BCUT2D eigenvalue weighted by Crippen LogP contribution is -2.11. The Labute approximate surface area is 266 Å². The van der Waals surface area contributed by atoms with E-state index in [9.17, 15) is 0 Å². The van der Waals surface area contributed by atoms with Gasteiger partial charge in [0.25, 0.3) is 0 Å². The monoisotopic (exact) mass is 579 g/mol. The van der Waals surface area contributed by atoms with Crippen molar-refractivity contribution in [2.24, 2.45) is 0 Å². The Morgan fingerprint density at radius 1 is 0.444 bits per heavy atom. The minimum absolute atomic E-state index is 0.158. The quantitative estimate of drug-likeness (QED) is 0.200. The number of hydrogen-bond donors (Lipinski definition) is 0. The maximum absolute atomic E-state index is 2.39. The standard InChI is InChI=1S/C44H37N/c1-28-10-19-37(20-11-28)45(43-9-7-6-8-29(43)2)38-21-16-33-25-40-41-26-34-22-31(30-14-17-36(18-15-30)44(3,4)5)12-13-32(34)24-39(41)42(40)27-35(33)23-38/h6-27H,1-5H3. The van der Waals surface area contributed by atoms with Crippen LogP contribution in [0.5, 0.6) is 0 Å². The molecule has 0 saturated heterocycles. The summed E-state index contributed by atoms with van der Waals surface area (Å²) < 4.78 is 0. The van der Waals surface area contributed by atoms with E-state index in [1.807, 2.05) is 0 Å². The highest BCUT2D eigenvalue weighted by Gasteiger charge is 2.24. The highest BCUT2D eigenvalue weighted by molar-refractivity contribution is 6.12. The van der Waals surface area contributed by atoms with Crippen LogP contribution < -0.4 is 4.90 Å². The molecule has 7 aromatic rings. The van der Waals surface area contributed by atoms with E-state index in [0.717, 1.165) is 0 Å². The lowest BCUT2D eigenvalue weighted by atomic mass is 9.77. The number of benzene rings is 7. The highest BCUT2D eigenvalue weighted by Crippen LogP contribution is 2.51. The molecule has 0 fully saturated rings. The van der Waals surface area contributed by atoms with Crippen molar-refractivity contribution in [3.8, 4) is 33.4 Å². The molecule has 0 amide bonds. The zero-order chi connectivity index (χ0) is 30.9. The van der Waals surface area contributed by atoms with Crippen LogP contribution in [0.4, 0.5) is 17.1 Å². The number of nitrogens with zero attached hydrogens (tertiary/aromatic N) is 1. The van der Waals surface area contributed by atoms with Crippen LogP contribution in [0.1, 0.15) is 37.5 Å². The summed E-state index contributed by atoms with van der Waals surface area (Å²) in [5.74, 6) is 0. The second kappa shape index (κ2) is 10.2. The second-order valence-electron chi connectivity index (χ2n) is 13.7. The molecule has 0 N–H and O–H groups in total. The summed E-state index contributed by atoms with van der Waals surface area (Å²) in [7, 11) is 0. The Morgan fingerprint density at radius 2 is 0.978 bits per heavy atom. The van der Waals surface area contributed by atoms with Gasteiger partial charge in [-0.05, 0) is 146 Å². The molecule has 0 aromatic heterocycles. The highest BCUT2D eigenvalue weighted by atomic mass is 15.1. The Hall–Kier alpha value is -5.14. The predicted octanol–water partition coefficient (Wildman–Crippen LogP) is 12.7.